The van der Waals surface area contributed by atoms with Crippen molar-refractivity contribution in [3.63, 3.8) is 0 Å². The Hall–Kier alpha value is -2.63. The standard InChI is InChI=1S/C21H16BrClN2O2/c22-18-8-11-20(27-14-15-4-2-1-3-5-15)17(12-18)13-24-25-21(26)16-6-9-19(23)10-7-16/h1-13H,14H2,(H,25,26)/b24-13+. The predicted octanol–water partition coefficient (Wildman–Crippen LogP) is 5.45. The van der Waals surface area contributed by atoms with Gasteiger partial charge >= 0.3 is 0 Å². The second-order valence-electron chi connectivity index (χ2n) is 5.66. The summed E-state index contributed by atoms with van der Waals surface area (Å²) in [5, 5.41) is 4.61. The number of ether oxygens (including phenoxy) is 1. The molecule has 3 aromatic rings. The maximum absolute atomic E-state index is 12.1. The van der Waals surface area contributed by atoms with Crippen LogP contribution in [-0.2, 0) is 6.61 Å². The number of halogens is 2. The lowest BCUT2D eigenvalue weighted by Gasteiger charge is -2.09. The van der Waals surface area contributed by atoms with E-state index in [1.54, 1.807) is 30.5 Å². The molecule has 0 radical (unpaired) electrons. The normalized spacial score (nSPS) is 10.7. The molecule has 0 saturated carbocycles. The first-order valence-electron chi connectivity index (χ1n) is 8.17. The van der Waals surface area contributed by atoms with Crippen molar-refractivity contribution in [3.8, 4) is 5.75 Å². The minimum atomic E-state index is -0.315. The summed E-state index contributed by atoms with van der Waals surface area (Å²) in [5.41, 5.74) is 4.80. The lowest BCUT2D eigenvalue weighted by atomic mass is 10.2. The second kappa shape index (κ2) is 9.35. The smallest absolute Gasteiger partial charge is 0.271 e. The first-order valence-corrected chi connectivity index (χ1v) is 9.34. The fraction of sp³-hybridized carbons (Fsp3) is 0.0476. The molecular weight excluding hydrogens is 428 g/mol. The van der Waals surface area contributed by atoms with Gasteiger partial charge in [-0.3, -0.25) is 4.79 Å². The van der Waals surface area contributed by atoms with Crippen LogP contribution in [0.3, 0.4) is 0 Å². The molecule has 0 atom stereocenters. The highest BCUT2D eigenvalue weighted by Gasteiger charge is 2.06. The van der Waals surface area contributed by atoms with Gasteiger partial charge < -0.3 is 4.74 Å². The Morgan fingerprint density at radius 2 is 1.81 bits per heavy atom. The van der Waals surface area contributed by atoms with Crippen molar-refractivity contribution in [2.24, 2.45) is 5.10 Å². The molecule has 0 spiro atoms. The van der Waals surface area contributed by atoms with E-state index in [0.29, 0.717) is 22.9 Å². The van der Waals surface area contributed by atoms with Gasteiger partial charge in [0.2, 0.25) is 0 Å². The van der Waals surface area contributed by atoms with E-state index < -0.39 is 0 Å². The summed E-state index contributed by atoms with van der Waals surface area (Å²) in [6.45, 7) is 0.445. The molecule has 6 heteroatoms. The number of nitrogens with zero attached hydrogens (tertiary/aromatic N) is 1. The van der Waals surface area contributed by atoms with Crippen LogP contribution in [0.15, 0.2) is 82.4 Å². The van der Waals surface area contributed by atoms with E-state index in [0.717, 1.165) is 15.6 Å². The predicted molar refractivity (Wildman–Crippen MR) is 111 cm³/mol. The molecular formula is C21H16BrClN2O2. The van der Waals surface area contributed by atoms with Gasteiger partial charge in [0, 0.05) is 20.6 Å². The van der Waals surface area contributed by atoms with Crippen molar-refractivity contribution in [1.82, 2.24) is 5.43 Å². The molecule has 4 nitrogen and oxygen atoms in total. The van der Waals surface area contributed by atoms with Crippen LogP contribution < -0.4 is 10.2 Å². The molecule has 27 heavy (non-hydrogen) atoms. The van der Waals surface area contributed by atoms with E-state index in [4.69, 9.17) is 16.3 Å². The van der Waals surface area contributed by atoms with Gasteiger partial charge in [-0.15, -0.1) is 0 Å². The van der Waals surface area contributed by atoms with E-state index in [9.17, 15) is 4.79 Å². The number of carbonyl (C=O) groups is 1. The van der Waals surface area contributed by atoms with Crippen molar-refractivity contribution in [2.45, 2.75) is 6.61 Å². The number of amides is 1. The summed E-state index contributed by atoms with van der Waals surface area (Å²) in [6.07, 6.45) is 1.55. The quantitative estimate of drug-likeness (QED) is 0.407. The number of hydrogen-bond donors (Lipinski definition) is 1. The molecule has 136 valence electrons. The number of nitrogens with one attached hydrogen (secondary N) is 1. The van der Waals surface area contributed by atoms with Gasteiger partial charge in [0.25, 0.3) is 5.91 Å². The number of carbonyl (C=O) groups excluding carboxylic acids is 1. The summed E-state index contributed by atoms with van der Waals surface area (Å²) in [7, 11) is 0. The van der Waals surface area contributed by atoms with Crippen LogP contribution in [-0.4, -0.2) is 12.1 Å². The van der Waals surface area contributed by atoms with Gasteiger partial charge in [0.05, 0.1) is 6.21 Å². The van der Waals surface area contributed by atoms with Crippen LogP contribution in [0.1, 0.15) is 21.5 Å². The Morgan fingerprint density at radius 3 is 2.56 bits per heavy atom. The molecule has 1 amide bonds. The monoisotopic (exact) mass is 442 g/mol. The molecule has 3 rings (SSSR count). The summed E-state index contributed by atoms with van der Waals surface area (Å²) in [5.74, 6) is 0.358. The van der Waals surface area contributed by atoms with Gasteiger partial charge in [-0.25, -0.2) is 5.43 Å². The molecule has 0 saturated heterocycles. The zero-order chi connectivity index (χ0) is 19.1. The highest BCUT2D eigenvalue weighted by molar-refractivity contribution is 9.10. The lowest BCUT2D eigenvalue weighted by molar-refractivity contribution is 0.0955. The van der Waals surface area contributed by atoms with Crippen LogP contribution in [0.2, 0.25) is 5.02 Å². The molecule has 0 aromatic heterocycles. The molecule has 1 N–H and O–H groups in total. The maximum Gasteiger partial charge on any atom is 0.271 e. The third-order valence-electron chi connectivity index (χ3n) is 3.69. The third-order valence-corrected chi connectivity index (χ3v) is 4.43. The van der Waals surface area contributed by atoms with Gasteiger partial charge in [0.1, 0.15) is 12.4 Å². The molecule has 0 aliphatic carbocycles. The molecule has 0 unspecified atom stereocenters. The largest absolute Gasteiger partial charge is 0.488 e. The number of rotatable bonds is 6. The third kappa shape index (κ3) is 5.67. The minimum Gasteiger partial charge on any atom is -0.488 e. The topological polar surface area (TPSA) is 50.7 Å². The molecule has 0 aliphatic rings. The number of benzene rings is 3. The summed E-state index contributed by atoms with van der Waals surface area (Å²) < 4.78 is 6.78. The molecule has 0 aliphatic heterocycles. The Kier molecular flexibility index (Phi) is 6.63. The number of hydrogen-bond acceptors (Lipinski definition) is 3. The Bertz CT molecular complexity index is 944. The minimum absolute atomic E-state index is 0.315. The maximum atomic E-state index is 12.1. The van der Waals surface area contributed by atoms with E-state index in [1.165, 1.54) is 0 Å². The van der Waals surface area contributed by atoms with Crippen molar-refractivity contribution < 1.29 is 9.53 Å². The van der Waals surface area contributed by atoms with E-state index >= 15 is 0 Å². The summed E-state index contributed by atoms with van der Waals surface area (Å²) in [6, 6.07) is 22.1. The Labute approximate surface area is 171 Å². The van der Waals surface area contributed by atoms with E-state index in [1.807, 2.05) is 48.5 Å². The second-order valence-corrected chi connectivity index (χ2v) is 7.01. The number of hydrazone groups is 1. The Morgan fingerprint density at radius 1 is 1.07 bits per heavy atom. The summed E-state index contributed by atoms with van der Waals surface area (Å²) >= 11 is 9.27. The fourth-order valence-electron chi connectivity index (χ4n) is 2.31. The molecule has 0 heterocycles. The average molecular weight is 444 g/mol. The highest BCUT2D eigenvalue weighted by atomic mass is 79.9. The average Bonchev–Trinajstić information content (AvgIpc) is 2.68. The molecule has 0 bridgehead atoms. The summed E-state index contributed by atoms with van der Waals surface area (Å²) in [4.78, 5) is 12.1. The van der Waals surface area contributed by atoms with Crippen molar-refractivity contribution >= 4 is 39.7 Å². The molecule has 3 aromatic carbocycles. The van der Waals surface area contributed by atoms with Crippen LogP contribution in [0.5, 0.6) is 5.75 Å². The van der Waals surface area contributed by atoms with Crippen LogP contribution in [0.4, 0.5) is 0 Å². The fourth-order valence-corrected chi connectivity index (χ4v) is 2.82. The zero-order valence-corrected chi connectivity index (χ0v) is 16.6. The van der Waals surface area contributed by atoms with Crippen LogP contribution in [0, 0.1) is 0 Å². The van der Waals surface area contributed by atoms with E-state index in [2.05, 4.69) is 26.5 Å². The first-order chi connectivity index (χ1) is 13.1. The lowest BCUT2D eigenvalue weighted by Crippen LogP contribution is -2.17. The zero-order valence-electron chi connectivity index (χ0n) is 14.2. The van der Waals surface area contributed by atoms with Crippen molar-refractivity contribution in [2.75, 3.05) is 0 Å². The van der Waals surface area contributed by atoms with Gasteiger partial charge in [0.15, 0.2) is 0 Å². The van der Waals surface area contributed by atoms with Gasteiger partial charge in [-0.2, -0.15) is 5.10 Å². The van der Waals surface area contributed by atoms with Gasteiger partial charge in [-0.1, -0.05) is 57.9 Å². The molecule has 0 fully saturated rings. The van der Waals surface area contributed by atoms with Crippen molar-refractivity contribution in [3.05, 3.63) is 99.0 Å². The van der Waals surface area contributed by atoms with Gasteiger partial charge in [-0.05, 0) is 48.0 Å². The van der Waals surface area contributed by atoms with Crippen molar-refractivity contribution in [1.29, 1.82) is 0 Å². The van der Waals surface area contributed by atoms with Crippen LogP contribution >= 0.6 is 27.5 Å². The van der Waals surface area contributed by atoms with E-state index in [-0.39, 0.29) is 5.91 Å². The highest BCUT2D eigenvalue weighted by Crippen LogP contribution is 2.23. The Balaban J connectivity index is 1.68. The SMILES string of the molecule is O=C(N/N=C/c1cc(Br)ccc1OCc1ccccc1)c1ccc(Cl)cc1. The van der Waals surface area contributed by atoms with Crippen LogP contribution in [0.25, 0.3) is 0 Å². The first kappa shape index (κ1) is 19.1.